The summed E-state index contributed by atoms with van der Waals surface area (Å²) in [5.74, 6) is 0.645. The van der Waals surface area contributed by atoms with Gasteiger partial charge in [-0.05, 0) is 61.7 Å². The van der Waals surface area contributed by atoms with E-state index < -0.39 is 9.84 Å². The quantitative estimate of drug-likeness (QED) is 0.657. The van der Waals surface area contributed by atoms with Gasteiger partial charge in [-0.2, -0.15) is 0 Å². The minimum absolute atomic E-state index is 0.284. The Bertz CT molecular complexity index is 943. The highest BCUT2D eigenvalue weighted by molar-refractivity contribution is 7.91. The van der Waals surface area contributed by atoms with Crippen molar-refractivity contribution >= 4 is 9.84 Å². The lowest BCUT2D eigenvalue weighted by atomic mass is 9.93. The number of methoxy groups -OCH3 is 1. The van der Waals surface area contributed by atoms with E-state index >= 15 is 0 Å². The first-order chi connectivity index (χ1) is 15.0. The van der Waals surface area contributed by atoms with E-state index in [-0.39, 0.29) is 10.9 Å². The van der Waals surface area contributed by atoms with Gasteiger partial charge in [-0.15, -0.1) is 0 Å². The smallest absolute Gasteiger partial charge is 0.206 e. The molecule has 1 heterocycles. The van der Waals surface area contributed by atoms with Crippen molar-refractivity contribution < 1.29 is 13.2 Å². The largest absolute Gasteiger partial charge is 0.497 e. The second-order valence-corrected chi connectivity index (χ2v) is 10.7. The fraction of sp³-hybridized carbons (Fsp3) is 0.520. The highest BCUT2D eigenvalue weighted by Gasteiger charge is 2.27. The minimum Gasteiger partial charge on any atom is -0.497 e. The number of hydrogen-bond acceptors (Lipinski definition) is 5. The van der Waals surface area contributed by atoms with Crippen molar-refractivity contribution in [3.63, 3.8) is 0 Å². The van der Waals surface area contributed by atoms with Crippen molar-refractivity contribution in [3.8, 4) is 5.75 Å². The van der Waals surface area contributed by atoms with Crippen molar-refractivity contribution in [3.05, 3.63) is 54.1 Å². The van der Waals surface area contributed by atoms with Gasteiger partial charge in [0.15, 0.2) is 0 Å². The molecule has 1 atom stereocenters. The second kappa shape index (κ2) is 9.72. The van der Waals surface area contributed by atoms with E-state index in [0.717, 1.165) is 32.2 Å². The molecule has 5 nitrogen and oxygen atoms in total. The average molecular weight is 443 g/mol. The van der Waals surface area contributed by atoms with Crippen molar-refractivity contribution in [1.29, 1.82) is 0 Å². The maximum Gasteiger partial charge on any atom is 0.206 e. The van der Waals surface area contributed by atoms with Gasteiger partial charge in [0.1, 0.15) is 5.75 Å². The van der Waals surface area contributed by atoms with Crippen LogP contribution in [0.5, 0.6) is 5.75 Å². The van der Waals surface area contributed by atoms with Gasteiger partial charge in [-0.1, -0.05) is 31.4 Å². The van der Waals surface area contributed by atoms with Gasteiger partial charge >= 0.3 is 0 Å². The predicted octanol–water partition coefficient (Wildman–Crippen LogP) is 4.54. The maximum atomic E-state index is 12.9. The van der Waals surface area contributed by atoms with Crippen LogP contribution in [0.1, 0.15) is 50.6 Å². The Morgan fingerprint density at radius 2 is 1.39 bits per heavy atom. The fourth-order valence-corrected chi connectivity index (χ4v) is 6.22. The molecule has 2 fully saturated rings. The molecule has 2 aromatic rings. The van der Waals surface area contributed by atoms with Gasteiger partial charge in [0.2, 0.25) is 9.84 Å². The molecular weight excluding hydrogens is 408 g/mol. The molecule has 0 radical (unpaired) electrons. The Balaban J connectivity index is 1.39. The monoisotopic (exact) mass is 442 g/mol. The summed E-state index contributed by atoms with van der Waals surface area (Å²) in [7, 11) is -1.96. The molecule has 0 aromatic heterocycles. The van der Waals surface area contributed by atoms with Gasteiger partial charge < -0.3 is 4.74 Å². The molecule has 0 amide bonds. The first-order valence-electron chi connectivity index (χ1n) is 11.5. The fourth-order valence-electron chi connectivity index (χ4n) is 4.96. The Morgan fingerprint density at radius 1 is 0.839 bits per heavy atom. The van der Waals surface area contributed by atoms with E-state index in [1.165, 1.54) is 37.7 Å². The zero-order valence-electron chi connectivity index (χ0n) is 18.7. The topological polar surface area (TPSA) is 49.9 Å². The van der Waals surface area contributed by atoms with Gasteiger partial charge in [-0.3, -0.25) is 9.80 Å². The van der Waals surface area contributed by atoms with Crippen molar-refractivity contribution in [2.75, 3.05) is 33.3 Å². The lowest BCUT2D eigenvalue weighted by Gasteiger charge is -2.42. The summed E-state index contributed by atoms with van der Waals surface area (Å²) in [4.78, 5) is 5.82. The predicted molar refractivity (Wildman–Crippen MR) is 123 cm³/mol. The third-order valence-electron chi connectivity index (χ3n) is 7.03. The number of piperazine rings is 1. The highest BCUT2D eigenvalue weighted by Crippen LogP contribution is 2.28. The number of ether oxygens (including phenoxy) is 1. The summed E-state index contributed by atoms with van der Waals surface area (Å²) in [6.07, 6.45) is 6.89. The van der Waals surface area contributed by atoms with Crippen molar-refractivity contribution in [2.24, 2.45) is 0 Å². The van der Waals surface area contributed by atoms with Crippen LogP contribution in [0.25, 0.3) is 0 Å². The first kappa shape index (κ1) is 22.3. The number of sulfone groups is 1. The summed E-state index contributed by atoms with van der Waals surface area (Å²) in [6.45, 7) is 6.65. The van der Waals surface area contributed by atoms with Crippen molar-refractivity contribution in [1.82, 2.24) is 9.80 Å². The number of nitrogens with zero attached hydrogens (tertiary/aromatic N) is 2. The lowest BCUT2D eigenvalue weighted by molar-refractivity contribution is 0.0602. The van der Waals surface area contributed by atoms with Crippen LogP contribution in [0, 0.1) is 0 Å². The second-order valence-electron chi connectivity index (χ2n) is 8.79. The van der Waals surface area contributed by atoms with Crippen molar-refractivity contribution in [2.45, 2.75) is 60.9 Å². The molecule has 2 aromatic carbocycles. The Kier molecular flexibility index (Phi) is 6.99. The molecule has 2 aliphatic rings. The molecule has 1 aliphatic carbocycles. The standard InChI is InChI=1S/C25H34N2O3S/c1-20(26-16-18-27(19-17-26)22-6-4-3-5-7-22)21-8-12-24(13-9-21)31(28,29)25-14-10-23(30-2)11-15-25/h8-15,20,22H,3-7,16-19H2,1-2H3. The van der Waals surface area contributed by atoms with Gasteiger partial charge in [0.25, 0.3) is 0 Å². The number of hydrogen-bond donors (Lipinski definition) is 0. The van der Waals surface area contributed by atoms with Crippen LogP contribution in [0.2, 0.25) is 0 Å². The normalized spacial score (nSPS) is 20.5. The van der Waals surface area contributed by atoms with Crippen LogP contribution >= 0.6 is 0 Å². The van der Waals surface area contributed by atoms with E-state index in [1.54, 1.807) is 43.5 Å². The van der Waals surface area contributed by atoms with E-state index in [4.69, 9.17) is 4.74 Å². The Morgan fingerprint density at radius 3 is 1.94 bits per heavy atom. The molecule has 4 rings (SSSR count). The molecule has 0 spiro atoms. The summed E-state index contributed by atoms with van der Waals surface area (Å²) in [6, 6.07) is 15.0. The SMILES string of the molecule is COc1ccc(S(=O)(=O)c2ccc(C(C)N3CCN(C4CCCCC4)CC3)cc2)cc1. The molecule has 1 aliphatic heterocycles. The summed E-state index contributed by atoms with van der Waals surface area (Å²) in [5.41, 5.74) is 1.17. The Labute approximate surface area is 186 Å². The summed E-state index contributed by atoms with van der Waals surface area (Å²) >= 11 is 0. The molecule has 6 heteroatoms. The Hall–Kier alpha value is -1.89. The van der Waals surface area contributed by atoms with Crippen LogP contribution in [-0.4, -0.2) is 57.5 Å². The van der Waals surface area contributed by atoms with Crippen LogP contribution in [0.3, 0.4) is 0 Å². The lowest BCUT2D eigenvalue weighted by Crippen LogP contribution is -2.51. The maximum absolute atomic E-state index is 12.9. The van der Waals surface area contributed by atoms with E-state index in [0.29, 0.717) is 10.6 Å². The van der Waals surface area contributed by atoms with E-state index in [1.807, 2.05) is 12.1 Å². The third kappa shape index (κ3) is 4.97. The third-order valence-corrected chi connectivity index (χ3v) is 8.82. The molecule has 0 N–H and O–H groups in total. The molecule has 1 saturated heterocycles. The molecule has 168 valence electrons. The van der Waals surface area contributed by atoms with Crippen LogP contribution < -0.4 is 4.74 Å². The highest BCUT2D eigenvalue weighted by atomic mass is 32.2. The zero-order valence-corrected chi connectivity index (χ0v) is 19.5. The van der Waals surface area contributed by atoms with Crippen LogP contribution in [-0.2, 0) is 9.84 Å². The molecular formula is C25H34N2O3S. The van der Waals surface area contributed by atoms with E-state index in [2.05, 4.69) is 16.7 Å². The summed E-state index contributed by atoms with van der Waals surface area (Å²) in [5, 5.41) is 0. The zero-order chi connectivity index (χ0) is 21.8. The van der Waals surface area contributed by atoms with Gasteiger partial charge in [-0.25, -0.2) is 8.42 Å². The van der Waals surface area contributed by atoms with Gasteiger partial charge in [0, 0.05) is 38.3 Å². The minimum atomic E-state index is -3.53. The van der Waals surface area contributed by atoms with Gasteiger partial charge in [0.05, 0.1) is 16.9 Å². The summed E-state index contributed by atoms with van der Waals surface area (Å²) < 4.78 is 31.0. The van der Waals surface area contributed by atoms with Crippen LogP contribution in [0.15, 0.2) is 58.3 Å². The molecule has 1 unspecified atom stereocenters. The number of benzene rings is 2. The molecule has 0 bridgehead atoms. The average Bonchev–Trinajstić information content (AvgIpc) is 2.84. The number of rotatable bonds is 6. The molecule has 1 saturated carbocycles. The molecule has 31 heavy (non-hydrogen) atoms. The first-order valence-corrected chi connectivity index (χ1v) is 12.9. The van der Waals surface area contributed by atoms with Crippen LogP contribution in [0.4, 0.5) is 0 Å². The van der Waals surface area contributed by atoms with E-state index in [9.17, 15) is 8.42 Å².